The van der Waals surface area contributed by atoms with E-state index in [4.69, 9.17) is 16.3 Å². The second kappa shape index (κ2) is 10.2. The molecule has 152 valence electrons. The summed E-state index contributed by atoms with van der Waals surface area (Å²) in [6.07, 6.45) is 5.49. The summed E-state index contributed by atoms with van der Waals surface area (Å²) >= 11 is 6.05. The zero-order chi connectivity index (χ0) is 20.6. The Kier molecular flexibility index (Phi) is 7.37. The Morgan fingerprint density at radius 2 is 2.00 bits per heavy atom. The first-order valence-corrected chi connectivity index (χ1v) is 10.5. The molecule has 0 spiro atoms. The Morgan fingerprint density at radius 1 is 1.21 bits per heavy atom. The van der Waals surface area contributed by atoms with Crippen molar-refractivity contribution < 1.29 is 9.53 Å². The van der Waals surface area contributed by atoms with Crippen molar-refractivity contribution in [3.63, 3.8) is 0 Å². The molecule has 1 amide bonds. The van der Waals surface area contributed by atoms with E-state index in [1.807, 2.05) is 18.2 Å². The molecule has 0 unspecified atom stereocenters. The lowest BCUT2D eigenvalue weighted by atomic mass is 10.1. The number of rotatable bonds is 7. The van der Waals surface area contributed by atoms with Crippen LogP contribution in [-0.2, 0) is 0 Å². The van der Waals surface area contributed by atoms with E-state index < -0.39 is 0 Å². The Bertz CT molecular complexity index is 901. The van der Waals surface area contributed by atoms with Crippen LogP contribution in [0.3, 0.4) is 0 Å². The summed E-state index contributed by atoms with van der Waals surface area (Å²) in [6, 6.07) is 12.7. The predicted molar refractivity (Wildman–Crippen MR) is 117 cm³/mol. The van der Waals surface area contributed by atoms with Crippen LogP contribution in [0.1, 0.15) is 54.9 Å². The molecule has 29 heavy (non-hydrogen) atoms. The van der Waals surface area contributed by atoms with Gasteiger partial charge in [0.2, 0.25) is 0 Å². The van der Waals surface area contributed by atoms with Crippen molar-refractivity contribution in [2.45, 2.75) is 39.0 Å². The highest BCUT2D eigenvalue weighted by atomic mass is 35.5. The van der Waals surface area contributed by atoms with Crippen LogP contribution in [0.4, 0.5) is 11.4 Å². The molecule has 6 heteroatoms. The predicted octanol–water partition coefficient (Wildman–Crippen LogP) is 5.63. The molecule has 0 aromatic heterocycles. The Balaban J connectivity index is 1.90. The topological polar surface area (TPSA) is 65.4 Å². The van der Waals surface area contributed by atoms with Crippen LogP contribution in [0.5, 0.6) is 5.75 Å². The molecule has 0 aliphatic carbocycles. The van der Waals surface area contributed by atoms with Crippen LogP contribution in [0.15, 0.2) is 36.4 Å². The molecule has 1 aliphatic heterocycles. The minimum atomic E-state index is -0.311. The van der Waals surface area contributed by atoms with Gasteiger partial charge < -0.3 is 15.0 Å². The van der Waals surface area contributed by atoms with Crippen LogP contribution in [0.25, 0.3) is 0 Å². The molecule has 0 bridgehead atoms. The van der Waals surface area contributed by atoms with Crippen molar-refractivity contribution in [1.29, 1.82) is 5.26 Å². The third-order valence-corrected chi connectivity index (χ3v) is 5.27. The smallest absolute Gasteiger partial charge is 0.259 e. The number of hydrogen-bond acceptors (Lipinski definition) is 4. The fraction of sp³-hybridized carbons (Fsp3) is 0.391. The number of carbonyl (C=O) groups excluding carboxylic acids is 1. The third-order valence-electron chi connectivity index (χ3n) is 5.03. The fourth-order valence-corrected chi connectivity index (χ4v) is 3.58. The molecular weight excluding hydrogens is 386 g/mol. The maximum Gasteiger partial charge on any atom is 0.259 e. The zero-order valence-electron chi connectivity index (χ0n) is 16.7. The number of ether oxygens (including phenoxy) is 1. The molecule has 2 aromatic rings. The number of hydrogen-bond donors (Lipinski definition) is 1. The molecule has 1 heterocycles. The first kappa shape index (κ1) is 21.0. The van der Waals surface area contributed by atoms with Gasteiger partial charge in [0, 0.05) is 23.8 Å². The molecule has 5 nitrogen and oxygen atoms in total. The zero-order valence-corrected chi connectivity index (χ0v) is 17.5. The lowest BCUT2D eigenvalue weighted by Gasteiger charge is -2.29. The molecule has 0 atom stereocenters. The highest BCUT2D eigenvalue weighted by Crippen LogP contribution is 2.29. The maximum absolute atomic E-state index is 13.1. The van der Waals surface area contributed by atoms with Crippen molar-refractivity contribution in [3.05, 3.63) is 52.5 Å². The summed E-state index contributed by atoms with van der Waals surface area (Å²) in [6.45, 7) is 4.63. The van der Waals surface area contributed by atoms with E-state index in [1.165, 1.54) is 6.42 Å². The average Bonchev–Trinajstić information content (AvgIpc) is 2.75. The summed E-state index contributed by atoms with van der Waals surface area (Å²) in [4.78, 5) is 15.4. The van der Waals surface area contributed by atoms with Crippen molar-refractivity contribution in [1.82, 2.24) is 0 Å². The van der Waals surface area contributed by atoms with E-state index >= 15 is 0 Å². The van der Waals surface area contributed by atoms with Crippen molar-refractivity contribution in [2.24, 2.45) is 0 Å². The molecule has 0 radical (unpaired) electrons. The van der Waals surface area contributed by atoms with Gasteiger partial charge in [0.15, 0.2) is 0 Å². The quantitative estimate of drug-likeness (QED) is 0.599. The molecular formula is C23H26ClN3O2. The number of piperidine rings is 1. The molecule has 3 rings (SSSR count). The van der Waals surface area contributed by atoms with E-state index in [0.29, 0.717) is 34.2 Å². The van der Waals surface area contributed by atoms with Gasteiger partial charge in [0.05, 0.1) is 23.4 Å². The van der Waals surface area contributed by atoms with Gasteiger partial charge in [-0.3, -0.25) is 4.79 Å². The van der Waals surface area contributed by atoms with Crippen LogP contribution < -0.4 is 15.0 Å². The number of nitrogens with one attached hydrogen (secondary N) is 1. The van der Waals surface area contributed by atoms with E-state index in [1.54, 1.807) is 18.2 Å². The van der Waals surface area contributed by atoms with Crippen LogP contribution in [-0.4, -0.2) is 25.6 Å². The van der Waals surface area contributed by atoms with Gasteiger partial charge in [0.25, 0.3) is 5.91 Å². The highest BCUT2D eigenvalue weighted by molar-refractivity contribution is 6.31. The number of nitrogens with zero attached hydrogens (tertiary/aromatic N) is 2. The Morgan fingerprint density at radius 3 is 2.72 bits per heavy atom. The number of halogens is 1. The second-order valence-corrected chi connectivity index (χ2v) is 7.62. The minimum Gasteiger partial charge on any atom is -0.493 e. The number of nitriles is 1. The van der Waals surface area contributed by atoms with Crippen LogP contribution in [0.2, 0.25) is 5.02 Å². The van der Waals surface area contributed by atoms with Crippen LogP contribution in [0, 0.1) is 11.3 Å². The SMILES string of the molecule is CCCCOc1ccc(N2CCCCC2)cc1C(=O)Nc1cc(Cl)ccc1C#N. The molecule has 1 N–H and O–H groups in total. The maximum atomic E-state index is 13.1. The molecule has 1 aliphatic rings. The summed E-state index contributed by atoms with van der Waals surface area (Å²) < 4.78 is 5.89. The molecule has 1 saturated heterocycles. The van der Waals surface area contributed by atoms with Gasteiger partial charge in [-0.2, -0.15) is 5.26 Å². The third kappa shape index (κ3) is 5.42. The first-order chi connectivity index (χ1) is 14.1. The van der Waals surface area contributed by atoms with Gasteiger partial charge in [0.1, 0.15) is 11.8 Å². The summed E-state index contributed by atoms with van der Waals surface area (Å²) in [5, 5.41) is 12.6. The largest absolute Gasteiger partial charge is 0.493 e. The number of benzene rings is 2. The number of unbranched alkanes of at least 4 members (excludes halogenated alkanes) is 1. The lowest BCUT2D eigenvalue weighted by molar-refractivity contribution is 0.102. The molecule has 2 aromatic carbocycles. The lowest BCUT2D eigenvalue weighted by Crippen LogP contribution is -2.29. The summed E-state index contributed by atoms with van der Waals surface area (Å²) in [5.74, 6) is 0.242. The van der Waals surface area contributed by atoms with Crippen molar-refractivity contribution in [3.8, 4) is 11.8 Å². The second-order valence-electron chi connectivity index (χ2n) is 7.19. The highest BCUT2D eigenvalue weighted by Gasteiger charge is 2.19. The average molecular weight is 412 g/mol. The number of anilines is 2. The number of amides is 1. The van der Waals surface area contributed by atoms with Gasteiger partial charge in [-0.1, -0.05) is 24.9 Å². The van der Waals surface area contributed by atoms with E-state index in [-0.39, 0.29) is 5.91 Å². The standard InChI is InChI=1S/C23H26ClN3O2/c1-2-3-13-29-22-10-9-19(27-11-5-4-6-12-27)15-20(22)23(28)26-21-14-18(24)8-7-17(21)16-25/h7-10,14-15H,2-6,11-13H2,1H3,(H,26,28). The van der Waals surface area contributed by atoms with E-state index in [0.717, 1.165) is 44.5 Å². The van der Waals surface area contributed by atoms with Gasteiger partial charge in [-0.05, 0) is 62.1 Å². The number of carbonyl (C=O) groups is 1. The summed E-state index contributed by atoms with van der Waals surface area (Å²) in [7, 11) is 0. The van der Waals surface area contributed by atoms with Crippen LogP contribution >= 0.6 is 11.6 Å². The van der Waals surface area contributed by atoms with Crippen molar-refractivity contribution in [2.75, 3.05) is 29.9 Å². The normalized spacial score (nSPS) is 13.6. The Labute approximate surface area is 177 Å². The van der Waals surface area contributed by atoms with Gasteiger partial charge in [-0.25, -0.2) is 0 Å². The van der Waals surface area contributed by atoms with E-state index in [9.17, 15) is 10.1 Å². The Hall–Kier alpha value is -2.71. The van der Waals surface area contributed by atoms with Gasteiger partial charge in [-0.15, -0.1) is 0 Å². The fourth-order valence-electron chi connectivity index (χ4n) is 3.40. The first-order valence-electron chi connectivity index (χ1n) is 10.1. The summed E-state index contributed by atoms with van der Waals surface area (Å²) in [5.41, 5.74) is 2.24. The molecule has 1 fully saturated rings. The molecule has 0 saturated carbocycles. The monoisotopic (exact) mass is 411 g/mol. The van der Waals surface area contributed by atoms with Gasteiger partial charge >= 0.3 is 0 Å². The van der Waals surface area contributed by atoms with Crippen molar-refractivity contribution >= 4 is 28.9 Å². The van der Waals surface area contributed by atoms with E-state index in [2.05, 4.69) is 23.2 Å². The minimum absolute atomic E-state index is 0.311.